The molecule has 19 heavy (non-hydrogen) atoms. The topological polar surface area (TPSA) is 104 Å². The maximum absolute atomic E-state index is 11.7. The average molecular weight is 267 g/mol. The summed E-state index contributed by atoms with van der Waals surface area (Å²) in [7, 11) is 0. The normalized spacial score (nSPS) is 22.4. The molecule has 2 rings (SSSR count). The Morgan fingerprint density at radius 2 is 2.26 bits per heavy atom. The molecule has 104 valence electrons. The molecule has 1 aliphatic rings. The zero-order valence-corrected chi connectivity index (χ0v) is 10.5. The number of hydrogen-bond acceptors (Lipinski definition) is 4. The number of hydrogen-bond donors (Lipinski definition) is 3. The summed E-state index contributed by atoms with van der Waals surface area (Å²) in [5.41, 5.74) is -1.10. The molecule has 0 spiro atoms. The summed E-state index contributed by atoms with van der Waals surface area (Å²) in [5, 5.41) is 12.3. The number of aliphatic hydroxyl groups excluding tert-OH is 1. The van der Waals surface area contributed by atoms with Crippen molar-refractivity contribution in [2.75, 3.05) is 6.54 Å². The minimum Gasteiger partial charge on any atom is -0.393 e. The molecule has 1 aliphatic carbocycles. The van der Waals surface area contributed by atoms with Gasteiger partial charge in [-0.25, -0.2) is 4.79 Å². The van der Waals surface area contributed by atoms with Gasteiger partial charge in [0, 0.05) is 24.7 Å². The van der Waals surface area contributed by atoms with Crippen molar-refractivity contribution in [2.45, 2.75) is 31.9 Å². The zero-order valence-electron chi connectivity index (χ0n) is 10.5. The molecule has 0 aliphatic heterocycles. The van der Waals surface area contributed by atoms with E-state index in [9.17, 15) is 19.5 Å². The van der Waals surface area contributed by atoms with Crippen molar-refractivity contribution in [3.05, 3.63) is 33.1 Å². The van der Waals surface area contributed by atoms with Crippen LogP contribution in [0.4, 0.5) is 0 Å². The summed E-state index contributed by atoms with van der Waals surface area (Å²) >= 11 is 0. The van der Waals surface area contributed by atoms with E-state index >= 15 is 0 Å². The van der Waals surface area contributed by atoms with Crippen LogP contribution in [0.3, 0.4) is 0 Å². The van der Waals surface area contributed by atoms with Crippen LogP contribution in [0.25, 0.3) is 0 Å². The second-order valence-corrected chi connectivity index (χ2v) is 4.80. The van der Waals surface area contributed by atoms with Crippen LogP contribution in [0.5, 0.6) is 0 Å². The summed E-state index contributed by atoms with van der Waals surface area (Å²) in [6.07, 6.45) is 3.59. The van der Waals surface area contributed by atoms with E-state index in [1.807, 2.05) is 0 Å². The van der Waals surface area contributed by atoms with Crippen LogP contribution in [-0.4, -0.2) is 33.2 Å². The van der Waals surface area contributed by atoms with Crippen molar-refractivity contribution in [3.8, 4) is 0 Å². The van der Waals surface area contributed by atoms with E-state index in [2.05, 4.69) is 10.3 Å². The van der Waals surface area contributed by atoms with Crippen molar-refractivity contribution in [1.29, 1.82) is 0 Å². The fourth-order valence-corrected chi connectivity index (χ4v) is 2.28. The molecule has 1 heterocycles. The maximum Gasteiger partial charge on any atom is 0.328 e. The van der Waals surface area contributed by atoms with Crippen molar-refractivity contribution < 1.29 is 9.90 Å². The number of aromatic nitrogens is 2. The zero-order chi connectivity index (χ0) is 13.8. The van der Waals surface area contributed by atoms with E-state index < -0.39 is 11.2 Å². The molecule has 1 aromatic rings. The van der Waals surface area contributed by atoms with Crippen molar-refractivity contribution in [3.63, 3.8) is 0 Å². The van der Waals surface area contributed by atoms with Gasteiger partial charge >= 0.3 is 5.69 Å². The van der Waals surface area contributed by atoms with Gasteiger partial charge in [-0.05, 0) is 12.8 Å². The van der Waals surface area contributed by atoms with Gasteiger partial charge in [-0.3, -0.25) is 19.1 Å². The Hall–Kier alpha value is -1.89. The number of aliphatic hydroxyl groups is 1. The summed E-state index contributed by atoms with van der Waals surface area (Å²) in [6.45, 7) is 0.274. The smallest absolute Gasteiger partial charge is 0.328 e. The molecule has 3 N–H and O–H groups in total. The van der Waals surface area contributed by atoms with Crippen LogP contribution in [0, 0.1) is 5.92 Å². The molecule has 1 amide bonds. The Labute approximate surface area is 109 Å². The molecule has 7 heteroatoms. The highest BCUT2D eigenvalue weighted by atomic mass is 16.3. The van der Waals surface area contributed by atoms with Crippen LogP contribution in [0.2, 0.25) is 0 Å². The van der Waals surface area contributed by atoms with E-state index in [1.54, 1.807) is 0 Å². The van der Waals surface area contributed by atoms with E-state index in [-0.39, 0.29) is 24.5 Å². The third kappa shape index (κ3) is 3.54. The largest absolute Gasteiger partial charge is 0.393 e. The van der Waals surface area contributed by atoms with Gasteiger partial charge in [-0.2, -0.15) is 0 Å². The van der Waals surface area contributed by atoms with E-state index in [0.29, 0.717) is 6.54 Å². The highest BCUT2D eigenvalue weighted by molar-refractivity contribution is 5.75. The lowest BCUT2D eigenvalue weighted by atomic mass is 10.1. The number of aromatic amines is 1. The summed E-state index contributed by atoms with van der Waals surface area (Å²) < 4.78 is 1.13. The van der Waals surface area contributed by atoms with Gasteiger partial charge < -0.3 is 10.4 Å². The first-order valence-corrected chi connectivity index (χ1v) is 6.31. The lowest BCUT2D eigenvalue weighted by Crippen LogP contribution is -2.38. The van der Waals surface area contributed by atoms with Gasteiger partial charge in [-0.15, -0.1) is 0 Å². The lowest BCUT2D eigenvalue weighted by Gasteiger charge is -2.15. The van der Waals surface area contributed by atoms with Gasteiger partial charge in [0.1, 0.15) is 6.54 Å². The third-order valence-corrected chi connectivity index (χ3v) is 3.39. The molecular weight excluding hydrogens is 250 g/mol. The first-order chi connectivity index (χ1) is 9.06. The molecule has 0 aromatic carbocycles. The number of H-pyrrole nitrogens is 1. The Morgan fingerprint density at radius 1 is 1.47 bits per heavy atom. The second kappa shape index (κ2) is 5.83. The molecule has 2 unspecified atom stereocenters. The van der Waals surface area contributed by atoms with Crippen LogP contribution in [0.1, 0.15) is 19.3 Å². The van der Waals surface area contributed by atoms with Gasteiger partial charge in [0.2, 0.25) is 5.91 Å². The number of nitrogens with zero attached hydrogens (tertiary/aromatic N) is 1. The molecule has 1 fully saturated rings. The van der Waals surface area contributed by atoms with Crippen molar-refractivity contribution in [1.82, 2.24) is 14.9 Å². The highest BCUT2D eigenvalue weighted by Gasteiger charge is 2.25. The molecule has 0 saturated heterocycles. The molecule has 7 nitrogen and oxygen atoms in total. The lowest BCUT2D eigenvalue weighted by molar-refractivity contribution is -0.122. The Balaban J connectivity index is 1.87. The highest BCUT2D eigenvalue weighted by Crippen LogP contribution is 2.24. The van der Waals surface area contributed by atoms with Crippen LogP contribution in [-0.2, 0) is 11.3 Å². The van der Waals surface area contributed by atoms with Gasteiger partial charge in [0.05, 0.1) is 6.10 Å². The SMILES string of the molecule is O=C(Cn1ccc(=O)[nH]c1=O)NCC1CCCC1O. The third-order valence-electron chi connectivity index (χ3n) is 3.39. The maximum atomic E-state index is 11.7. The van der Waals surface area contributed by atoms with Crippen molar-refractivity contribution >= 4 is 5.91 Å². The Kier molecular flexibility index (Phi) is 4.16. The van der Waals surface area contributed by atoms with E-state index in [4.69, 9.17) is 0 Å². The average Bonchev–Trinajstić information content (AvgIpc) is 2.76. The Morgan fingerprint density at radius 3 is 2.89 bits per heavy atom. The van der Waals surface area contributed by atoms with Crippen LogP contribution in [0.15, 0.2) is 21.9 Å². The molecule has 2 atom stereocenters. The fraction of sp³-hybridized carbons (Fsp3) is 0.583. The fourth-order valence-electron chi connectivity index (χ4n) is 2.28. The number of carbonyl (C=O) groups is 1. The van der Waals surface area contributed by atoms with Crippen LogP contribution < -0.4 is 16.6 Å². The van der Waals surface area contributed by atoms with E-state index in [0.717, 1.165) is 23.8 Å². The monoisotopic (exact) mass is 267 g/mol. The first kappa shape index (κ1) is 13.5. The summed E-state index contributed by atoms with van der Waals surface area (Å²) in [4.78, 5) is 36.0. The second-order valence-electron chi connectivity index (χ2n) is 4.80. The van der Waals surface area contributed by atoms with Crippen LogP contribution >= 0.6 is 0 Å². The molecule has 1 saturated carbocycles. The number of nitrogens with one attached hydrogen (secondary N) is 2. The standard InChI is InChI=1S/C12H17N3O4/c16-9-3-1-2-8(9)6-13-11(18)7-15-5-4-10(17)14-12(15)19/h4-5,8-9,16H,1-3,6-7H2,(H,13,18)(H,14,17,19). The number of rotatable bonds is 4. The van der Waals surface area contributed by atoms with Gasteiger partial charge in [0.25, 0.3) is 5.56 Å². The van der Waals surface area contributed by atoms with E-state index in [1.165, 1.54) is 12.3 Å². The quantitative estimate of drug-likeness (QED) is 0.638. The number of amides is 1. The van der Waals surface area contributed by atoms with Gasteiger partial charge in [-0.1, -0.05) is 6.42 Å². The minimum atomic E-state index is -0.608. The van der Waals surface area contributed by atoms with Gasteiger partial charge in [0.15, 0.2) is 0 Å². The Bertz CT molecular complexity index is 563. The minimum absolute atomic E-state index is 0.0938. The summed E-state index contributed by atoms with van der Waals surface area (Å²) in [5.74, 6) is -0.218. The molecule has 1 aromatic heterocycles. The van der Waals surface area contributed by atoms with Crippen molar-refractivity contribution in [2.24, 2.45) is 5.92 Å². The first-order valence-electron chi connectivity index (χ1n) is 6.31. The predicted molar refractivity (Wildman–Crippen MR) is 67.7 cm³/mol. The molecule has 0 bridgehead atoms. The predicted octanol–water partition coefficient (Wildman–Crippen LogP) is -1.19. The number of carbonyl (C=O) groups excluding carboxylic acids is 1. The summed E-state index contributed by atoms with van der Waals surface area (Å²) in [6, 6.07) is 1.19. The molecular formula is C12H17N3O4. The molecule has 0 radical (unpaired) electrons.